The van der Waals surface area contributed by atoms with Crippen molar-refractivity contribution in [3.8, 4) is 0 Å². The van der Waals surface area contributed by atoms with Crippen LogP contribution in [-0.4, -0.2) is 33.4 Å². The molecule has 1 aromatic rings. The van der Waals surface area contributed by atoms with Crippen molar-refractivity contribution >= 4 is 50.3 Å². The highest BCUT2D eigenvalue weighted by molar-refractivity contribution is 7.89. The number of carbonyl (C=O) groups excluding carboxylic acids is 1. The normalized spacial score (nSPS) is 14.5. The van der Waals surface area contributed by atoms with Gasteiger partial charge < -0.3 is 4.74 Å². The van der Waals surface area contributed by atoms with E-state index in [1.165, 1.54) is 13.2 Å². The number of fused-ring (bicyclic) bond motifs is 1. The Morgan fingerprint density at radius 3 is 2.95 bits per heavy atom. The summed E-state index contributed by atoms with van der Waals surface area (Å²) in [6, 6.07) is 4.64. The van der Waals surface area contributed by atoms with Crippen molar-refractivity contribution in [3.63, 3.8) is 0 Å². The molecule has 0 saturated heterocycles. The summed E-state index contributed by atoms with van der Waals surface area (Å²) in [6.07, 6.45) is 0. The van der Waals surface area contributed by atoms with Gasteiger partial charge in [0.05, 0.1) is 18.5 Å². The summed E-state index contributed by atoms with van der Waals surface area (Å²) in [5.41, 5.74) is 0.780. The van der Waals surface area contributed by atoms with Gasteiger partial charge in [-0.3, -0.25) is 4.79 Å². The summed E-state index contributed by atoms with van der Waals surface area (Å²) in [7, 11) is -2.66. The molecule has 1 aromatic carbocycles. The number of esters is 1. The van der Waals surface area contributed by atoms with E-state index in [1.54, 1.807) is 12.1 Å². The Bertz CT molecular complexity index is 713. The third-order valence-electron chi connectivity index (χ3n) is 2.45. The van der Waals surface area contributed by atoms with E-state index in [-0.39, 0.29) is 17.1 Å². The molecule has 20 heavy (non-hydrogen) atoms. The van der Waals surface area contributed by atoms with Crippen LogP contribution in [0.2, 0.25) is 0 Å². The first-order valence-electron chi connectivity index (χ1n) is 5.38. The average Bonchev–Trinajstić information content (AvgIpc) is 2.91. The molecule has 0 fully saturated rings. The summed E-state index contributed by atoms with van der Waals surface area (Å²) < 4.78 is 38.9. The van der Waals surface area contributed by atoms with Gasteiger partial charge in [-0.2, -0.15) is 8.73 Å². The van der Waals surface area contributed by atoms with Crippen molar-refractivity contribution in [3.05, 3.63) is 18.2 Å². The van der Waals surface area contributed by atoms with Crippen molar-refractivity contribution in [1.82, 2.24) is 4.72 Å². The van der Waals surface area contributed by atoms with Crippen LogP contribution in [0.5, 0.6) is 0 Å². The molecule has 1 unspecified atom stereocenters. The summed E-state index contributed by atoms with van der Waals surface area (Å²) in [5, 5.41) is -1.09. The number of nitrogens with one attached hydrogen (secondary N) is 1. The zero-order chi connectivity index (χ0) is 14.8. The first-order valence-corrected chi connectivity index (χ1v) is 8.03. The lowest BCUT2D eigenvalue weighted by Crippen LogP contribution is -2.34. The van der Waals surface area contributed by atoms with Crippen LogP contribution in [0, 0.1) is 0 Å². The maximum atomic E-state index is 12.2. The highest BCUT2D eigenvalue weighted by atomic mass is 35.5. The lowest BCUT2D eigenvalue weighted by Gasteiger charge is -2.11. The third kappa shape index (κ3) is 3.06. The molecular formula is C10H10ClN3O4S2. The molecule has 7 nitrogen and oxygen atoms in total. The number of carbonyl (C=O) groups is 1. The number of methoxy groups -OCH3 is 1. The first kappa shape index (κ1) is 15.1. The first-order chi connectivity index (χ1) is 9.45. The molecule has 0 amide bonds. The van der Waals surface area contributed by atoms with Crippen LogP contribution in [0.1, 0.15) is 0 Å². The van der Waals surface area contributed by atoms with Gasteiger partial charge in [0.1, 0.15) is 21.6 Å². The maximum absolute atomic E-state index is 12.2. The number of hydrogen-bond donors (Lipinski definition) is 1. The number of alkyl halides is 1. The molecule has 1 atom stereocenters. The highest BCUT2D eigenvalue weighted by Crippen LogP contribution is 2.37. The Kier molecular flexibility index (Phi) is 4.53. The Labute approximate surface area is 124 Å². The maximum Gasteiger partial charge on any atom is 0.325 e. The number of rotatable bonds is 5. The van der Waals surface area contributed by atoms with Gasteiger partial charge >= 0.3 is 5.97 Å². The minimum absolute atomic E-state index is 0.00233. The standard InChI is InChI=1S/C10H10ClN3O4S2/c1-18-10(15)6(11)5-12-20(16,17)8-4-2-3-7-9(8)14-19-13-7/h2-4,6,12H,5H2,1H3. The van der Waals surface area contributed by atoms with E-state index in [0.717, 1.165) is 11.4 Å². The van der Waals surface area contributed by atoms with Gasteiger partial charge in [0.15, 0.2) is 0 Å². The molecule has 1 N–H and O–H groups in total. The van der Waals surface area contributed by atoms with E-state index in [9.17, 15) is 13.2 Å². The highest BCUT2D eigenvalue weighted by Gasteiger charge is 2.24. The van der Waals surface area contributed by atoms with Gasteiger partial charge in [0.2, 0.25) is 10.0 Å². The van der Waals surface area contributed by atoms with Crippen molar-refractivity contribution in [2.45, 2.75) is 10.3 Å². The van der Waals surface area contributed by atoms with Gasteiger partial charge in [-0.25, -0.2) is 13.1 Å². The average molecular weight is 336 g/mol. The fraction of sp³-hybridized carbons (Fsp3) is 0.300. The predicted octanol–water partition coefficient (Wildman–Crippen LogP) is 1.47. The number of halogens is 1. The fourth-order valence-electron chi connectivity index (χ4n) is 1.47. The number of benzene rings is 1. The van der Waals surface area contributed by atoms with Gasteiger partial charge in [0, 0.05) is 6.54 Å². The monoisotopic (exact) mass is 335 g/mol. The van der Waals surface area contributed by atoms with Gasteiger partial charge in [0.25, 0.3) is 0 Å². The van der Waals surface area contributed by atoms with Crippen molar-refractivity contribution in [2.24, 2.45) is 8.73 Å². The zero-order valence-corrected chi connectivity index (χ0v) is 12.6. The molecule has 0 aromatic heterocycles. The summed E-state index contributed by atoms with van der Waals surface area (Å²) >= 11 is 6.62. The van der Waals surface area contributed by atoms with E-state index >= 15 is 0 Å². The molecule has 2 rings (SSSR count). The lowest BCUT2D eigenvalue weighted by atomic mass is 10.3. The number of hydrogen-bond acceptors (Lipinski definition) is 6. The van der Waals surface area contributed by atoms with E-state index in [4.69, 9.17) is 11.6 Å². The van der Waals surface area contributed by atoms with Crippen LogP contribution in [0.4, 0.5) is 11.4 Å². The van der Waals surface area contributed by atoms with Crippen LogP contribution in [0.3, 0.4) is 0 Å². The quantitative estimate of drug-likeness (QED) is 0.661. The molecule has 1 heterocycles. The van der Waals surface area contributed by atoms with Crippen LogP contribution >= 0.6 is 11.6 Å². The van der Waals surface area contributed by atoms with Crippen LogP contribution in [0.25, 0.3) is 0 Å². The Hall–Kier alpha value is -1.29. The molecule has 0 spiro atoms. The molecule has 1 aliphatic rings. The topological polar surface area (TPSA) is 97.2 Å². The molecule has 0 saturated carbocycles. The van der Waals surface area contributed by atoms with Crippen molar-refractivity contribution in [2.75, 3.05) is 13.7 Å². The fourth-order valence-corrected chi connectivity index (χ4v) is 3.54. The Morgan fingerprint density at radius 1 is 1.50 bits per heavy atom. The lowest BCUT2D eigenvalue weighted by molar-refractivity contribution is -0.140. The van der Waals surface area contributed by atoms with E-state index in [0.29, 0.717) is 5.69 Å². The molecule has 108 valence electrons. The molecule has 0 aliphatic carbocycles. The molecular weight excluding hydrogens is 326 g/mol. The minimum Gasteiger partial charge on any atom is -0.468 e. The van der Waals surface area contributed by atoms with Crippen molar-refractivity contribution in [1.29, 1.82) is 0 Å². The SMILES string of the molecule is COC(=O)C(Cl)CNS(=O)(=O)c1cccc2c1N=S=N2. The van der Waals surface area contributed by atoms with E-state index in [1.807, 2.05) is 0 Å². The largest absolute Gasteiger partial charge is 0.468 e. The summed E-state index contributed by atoms with van der Waals surface area (Å²) in [5.74, 6) is -0.706. The molecule has 0 radical (unpaired) electrons. The minimum atomic E-state index is -3.83. The predicted molar refractivity (Wildman–Crippen MR) is 74.8 cm³/mol. The van der Waals surface area contributed by atoms with E-state index in [2.05, 4.69) is 18.2 Å². The number of nitrogens with zero attached hydrogens (tertiary/aromatic N) is 2. The summed E-state index contributed by atoms with van der Waals surface area (Å²) in [6.45, 7) is -0.273. The number of ether oxygens (including phenoxy) is 1. The second kappa shape index (κ2) is 6.00. The van der Waals surface area contributed by atoms with Gasteiger partial charge in [-0.1, -0.05) is 6.07 Å². The van der Waals surface area contributed by atoms with Gasteiger partial charge in [-0.15, -0.1) is 11.6 Å². The zero-order valence-electron chi connectivity index (χ0n) is 10.2. The Morgan fingerprint density at radius 2 is 2.25 bits per heavy atom. The smallest absolute Gasteiger partial charge is 0.325 e. The number of sulfonamides is 1. The molecule has 0 bridgehead atoms. The van der Waals surface area contributed by atoms with Crippen LogP contribution in [0.15, 0.2) is 31.8 Å². The van der Waals surface area contributed by atoms with Crippen molar-refractivity contribution < 1.29 is 17.9 Å². The second-order valence-corrected chi connectivity index (χ2v) is 6.52. The van der Waals surface area contributed by atoms with E-state index < -0.39 is 21.4 Å². The summed E-state index contributed by atoms with van der Waals surface area (Å²) in [4.78, 5) is 11.1. The Balaban J connectivity index is 2.19. The second-order valence-electron chi connectivity index (χ2n) is 3.73. The third-order valence-corrected chi connectivity index (χ3v) is 4.78. The molecule has 10 heteroatoms. The molecule has 1 aliphatic heterocycles. The van der Waals surface area contributed by atoms with Crippen LogP contribution in [-0.2, 0) is 30.9 Å². The van der Waals surface area contributed by atoms with Gasteiger partial charge in [-0.05, 0) is 12.1 Å². The van der Waals surface area contributed by atoms with Crippen LogP contribution < -0.4 is 4.72 Å².